The van der Waals surface area contributed by atoms with E-state index in [1.165, 1.54) is 0 Å². The molecule has 2 amide bonds. The van der Waals surface area contributed by atoms with Crippen LogP contribution in [0.15, 0.2) is 24.3 Å². The minimum Gasteiger partial charge on any atom is -0.381 e. The summed E-state index contributed by atoms with van der Waals surface area (Å²) in [4.78, 5) is 22.5. The molecule has 0 saturated heterocycles. The summed E-state index contributed by atoms with van der Waals surface area (Å²) in [7, 11) is 0. The van der Waals surface area contributed by atoms with Gasteiger partial charge in [-0.1, -0.05) is 12.1 Å². The molecular weight excluding hydrogens is 244 g/mol. The lowest BCUT2D eigenvalue weighted by molar-refractivity contribution is -0.122. The fraction of sp³-hybridized carbons (Fsp3) is 0.385. The molecule has 19 heavy (non-hydrogen) atoms. The maximum absolute atomic E-state index is 11.9. The van der Waals surface area contributed by atoms with Gasteiger partial charge >= 0.3 is 0 Å². The van der Waals surface area contributed by atoms with Crippen LogP contribution in [0, 0.1) is 0 Å². The van der Waals surface area contributed by atoms with Crippen LogP contribution in [0.5, 0.6) is 0 Å². The van der Waals surface area contributed by atoms with Crippen molar-refractivity contribution in [1.29, 1.82) is 0 Å². The zero-order chi connectivity index (χ0) is 13.7. The summed E-state index contributed by atoms with van der Waals surface area (Å²) in [5.74, 6) is -0.424. The topological polar surface area (TPSA) is 96.2 Å². The summed E-state index contributed by atoms with van der Waals surface area (Å²) in [6.45, 7) is 1.00. The molecule has 1 aromatic rings. The predicted molar refractivity (Wildman–Crippen MR) is 73.8 cm³/mol. The van der Waals surface area contributed by atoms with E-state index in [-0.39, 0.29) is 17.9 Å². The van der Waals surface area contributed by atoms with E-state index in [1.807, 2.05) is 24.3 Å². The van der Waals surface area contributed by atoms with Gasteiger partial charge in [0, 0.05) is 19.5 Å². The van der Waals surface area contributed by atoms with E-state index in [0.717, 1.165) is 11.4 Å². The van der Waals surface area contributed by atoms with Crippen molar-refractivity contribution in [3.8, 4) is 0 Å². The molecule has 1 aliphatic heterocycles. The zero-order valence-electron chi connectivity index (χ0n) is 10.6. The zero-order valence-corrected chi connectivity index (χ0v) is 10.6. The number of para-hydroxylation sites is 2. The van der Waals surface area contributed by atoms with Gasteiger partial charge in [-0.3, -0.25) is 9.59 Å². The highest BCUT2D eigenvalue weighted by Gasteiger charge is 2.22. The SMILES string of the molecule is NC(=O)CCCNC(=O)C1CNc2ccccc2N1. The average molecular weight is 262 g/mol. The summed E-state index contributed by atoms with van der Waals surface area (Å²) in [5, 5.41) is 9.17. The highest BCUT2D eigenvalue weighted by Crippen LogP contribution is 2.24. The van der Waals surface area contributed by atoms with E-state index in [1.54, 1.807) is 0 Å². The molecule has 0 bridgehead atoms. The molecule has 1 unspecified atom stereocenters. The summed E-state index contributed by atoms with van der Waals surface area (Å²) in [6, 6.07) is 7.44. The van der Waals surface area contributed by atoms with Gasteiger partial charge in [-0.25, -0.2) is 0 Å². The van der Waals surface area contributed by atoms with Crippen molar-refractivity contribution in [2.45, 2.75) is 18.9 Å². The molecule has 0 aromatic heterocycles. The first-order chi connectivity index (χ1) is 9.16. The van der Waals surface area contributed by atoms with Crippen molar-refractivity contribution in [1.82, 2.24) is 5.32 Å². The maximum atomic E-state index is 11.9. The Balaban J connectivity index is 1.80. The molecule has 6 heteroatoms. The second-order valence-corrected chi connectivity index (χ2v) is 4.48. The Kier molecular flexibility index (Phi) is 4.22. The summed E-state index contributed by atoms with van der Waals surface area (Å²) in [5.41, 5.74) is 6.95. The monoisotopic (exact) mass is 262 g/mol. The van der Waals surface area contributed by atoms with Gasteiger partial charge in [-0.15, -0.1) is 0 Å². The van der Waals surface area contributed by atoms with Gasteiger partial charge in [0.15, 0.2) is 0 Å². The Hall–Kier alpha value is -2.24. The average Bonchev–Trinajstić information content (AvgIpc) is 2.42. The lowest BCUT2D eigenvalue weighted by Gasteiger charge is -2.27. The van der Waals surface area contributed by atoms with Gasteiger partial charge in [0.2, 0.25) is 11.8 Å². The van der Waals surface area contributed by atoms with Crippen LogP contribution < -0.4 is 21.7 Å². The molecule has 1 atom stereocenters. The van der Waals surface area contributed by atoms with Crippen molar-refractivity contribution in [3.63, 3.8) is 0 Å². The summed E-state index contributed by atoms with van der Waals surface area (Å²) in [6.07, 6.45) is 0.858. The number of anilines is 2. The Bertz CT molecular complexity index is 475. The molecule has 0 aliphatic carbocycles. The van der Waals surface area contributed by atoms with Gasteiger partial charge in [-0.05, 0) is 18.6 Å². The number of rotatable bonds is 5. The van der Waals surface area contributed by atoms with Crippen LogP contribution in [0.25, 0.3) is 0 Å². The fourth-order valence-corrected chi connectivity index (χ4v) is 1.97. The minimum absolute atomic E-state index is 0.0773. The van der Waals surface area contributed by atoms with Crippen LogP contribution in [0.1, 0.15) is 12.8 Å². The van der Waals surface area contributed by atoms with Crippen LogP contribution in [-0.4, -0.2) is 30.9 Å². The van der Waals surface area contributed by atoms with Crippen LogP contribution >= 0.6 is 0 Å². The Morgan fingerprint density at radius 2 is 2.05 bits per heavy atom. The molecule has 1 heterocycles. The van der Waals surface area contributed by atoms with Crippen LogP contribution in [0.3, 0.4) is 0 Å². The van der Waals surface area contributed by atoms with E-state index >= 15 is 0 Å². The molecule has 2 rings (SSSR count). The quantitative estimate of drug-likeness (QED) is 0.573. The van der Waals surface area contributed by atoms with E-state index in [0.29, 0.717) is 25.9 Å². The standard InChI is InChI=1S/C13H18N4O2/c14-12(18)6-3-7-15-13(19)11-8-16-9-4-1-2-5-10(9)17-11/h1-2,4-5,11,16-17H,3,6-8H2,(H2,14,18)(H,15,19). The largest absolute Gasteiger partial charge is 0.381 e. The molecular formula is C13H18N4O2. The number of hydrogen-bond acceptors (Lipinski definition) is 4. The number of hydrogen-bond donors (Lipinski definition) is 4. The van der Waals surface area contributed by atoms with Crippen molar-refractivity contribution in [2.75, 3.05) is 23.7 Å². The number of benzene rings is 1. The number of nitrogens with two attached hydrogens (primary N) is 1. The Labute approximate surface area is 111 Å². The van der Waals surface area contributed by atoms with E-state index in [2.05, 4.69) is 16.0 Å². The third-order valence-electron chi connectivity index (χ3n) is 2.97. The highest BCUT2D eigenvalue weighted by molar-refractivity contribution is 5.88. The van der Waals surface area contributed by atoms with Gasteiger partial charge in [0.25, 0.3) is 0 Å². The molecule has 102 valence electrons. The molecule has 0 spiro atoms. The summed E-state index contributed by atoms with van der Waals surface area (Å²) >= 11 is 0. The van der Waals surface area contributed by atoms with Crippen molar-refractivity contribution < 1.29 is 9.59 Å². The first-order valence-electron chi connectivity index (χ1n) is 6.32. The predicted octanol–water partition coefficient (Wildman–Crippen LogP) is 0.274. The number of amides is 2. The number of carbonyl (C=O) groups is 2. The second kappa shape index (κ2) is 6.08. The third kappa shape index (κ3) is 3.61. The fourth-order valence-electron chi connectivity index (χ4n) is 1.97. The first kappa shape index (κ1) is 13.2. The lowest BCUT2D eigenvalue weighted by atomic mass is 10.1. The normalized spacial score (nSPS) is 16.7. The summed E-state index contributed by atoms with van der Waals surface area (Å²) < 4.78 is 0. The van der Waals surface area contributed by atoms with Crippen molar-refractivity contribution in [2.24, 2.45) is 5.73 Å². The molecule has 1 aliphatic rings. The molecule has 0 radical (unpaired) electrons. The Morgan fingerprint density at radius 3 is 2.79 bits per heavy atom. The molecule has 6 nitrogen and oxygen atoms in total. The minimum atomic E-state index is -0.347. The number of primary amides is 1. The smallest absolute Gasteiger partial charge is 0.244 e. The van der Waals surface area contributed by atoms with Crippen LogP contribution in [0.2, 0.25) is 0 Å². The van der Waals surface area contributed by atoms with Gasteiger partial charge in [0.1, 0.15) is 6.04 Å². The van der Waals surface area contributed by atoms with E-state index < -0.39 is 0 Å². The third-order valence-corrected chi connectivity index (χ3v) is 2.97. The number of nitrogens with one attached hydrogen (secondary N) is 3. The van der Waals surface area contributed by atoms with Gasteiger partial charge in [0.05, 0.1) is 11.4 Å². The first-order valence-corrected chi connectivity index (χ1v) is 6.32. The Morgan fingerprint density at radius 1 is 1.32 bits per heavy atom. The van der Waals surface area contributed by atoms with Crippen molar-refractivity contribution >= 4 is 23.2 Å². The maximum Gasteiger partial charge on any atom is 0.244 e. The highest BCUT2D eigenvalue weighted by atomic mass is 16.2. The molecule has 0 saturated carbocycles. The molecule has 1 aromatic carbocycles. The van der Waals surface area contributed by atoms with Gasteiger partial charge < -0.3 is 21.7 Å². The van der Waals surface area contributed by atoms with E-state index in [4.69, 9.17) is 5.73 Å². The van der Waals surface area contributed by atoms with E-state index in [9.17, 15) is 9.59 Å². The van der Waals surface area contributed by atoms with Crippen LogP contribution in [0.4, 0.5) is 11.4 Å². The van der Waals surface area contributed by atoms with Gasteiger partial charge in [-0.2, -0.15) is 0 Å². The second-order valence-electron chi connectivity index (χ2n) is 4.48. The lowest BCUT2D eigenvalue weighted by Crippen LogP contribution is -2.46. The van der Waals surface area contributed by atoms with Crippen molar-refractivity contribution in [3.05, 3.63) is 24.3 Å². The molecule has 0 fully saturated rings. The number of fused-ring (bicyclic) bond motifs is 1. The molecule has 5 N–H and O–H groups in total. The number of carbonyl (C=O) groups excluding carboxylic acids is 2. The van der Waals surface area contributed by atoms with Crippen LogP contribution in [-0.2, 0) is 9.59 Å².